The molecule has 0 bridgehead atoms. The van der Waals surface area contributed by atoms with Crippen molar-refractivity contribution in [3.63, 3.8) is 0 Å². The molecule has 0 heterocycles. The van der Waals surface area contributed by atoms with Gasteiger partial charge in [0, 0.05) is 0 Å². The molecule has 1 aromatic carbocycles. The Morgan fingerprint density at radius 3 is 2.62 bits per heavy atom. The van der Waals surface area contributed by atoms with Crippen LogP contribution in [0.3, 0.4) is 0 Å². The van der Waals surface area contributed by atoms with Crippen molar-refractivity contribution in [1.82, 2.24) is 0 Å². The lowest BCUT2D eigenvalue weighted by molar-refractivity contribution is -0.145. The molecule has 2 unspecified atom stereocenters. The smallest absolute Gasteiger partial charge is 0.309 e. The van der Waals surface area contributed by atoms with E-state index in [0.717, 1.165) is 18.3 Å². The Labute approximate surface area is 145 Å². The number of esters is 1. The summed E-state index contributed by atoms with van der Waals surface area (Å²) in [5.74, 6) is 3.19. The van der Waals surface area contributed by atoms with Crippen LogP contribution in [0.5, 0.6) is 5.75 Å². The van der Waals surface area contributed by atoms with Crippen molar-refractivity contribution in [3.05, 3.63) is 29.8 Å². The van der Waals surface area contributed by atoms with Crippen molar-refractivity contribution in [3.8, 4) is 5.75 Å². The van der Waals surface area contributed by atoms with E-state index in [1.165, 1.54) is 44.8 Å². The van der Waals surface area contributed by atoms with E-state index in [-0.39, 0.29) is 17.8 Å². The SMILES string of the molecule is CCC1CC(COc2cccc(C(C3CC3)C(C)C(=O)OC)c2)C1. The molecule has 0 N–H and O–H groups in total. The molecular formula is C21H30O3. The molecule has 0 amide bonds. The van der Waals surface area contributed by atoms with Gasteiger partial charge in [-0.1, -0.05) is 32.4 Å². The molecule has 0 saturated heterocycles. The molecule has 0 aliphatic heterocycles. The lowest BCUT2D eigenvalue weighted by Gasteiger charge is -2.34. The third-order valence-electron chi connectivity index (χ3n) is 5.88. The van der Waals surface area contributed by atoms with Crippen LogP contribution in [0.2, 0.25) is 0 Å². The summed E-state index contributed by atoms with van der Waals surface area (Å²) in [6.07, 6.45) is 6.32. The van der Waals surface area contributed by atoms with Crippen LogP contribution in [-0.4, -0.2) is 19.7 Å². The van der Waals surface area contributed by atoms with Gasteiger partial charge in [0.1, 0.15) is 5.75 Å². The average molecular weight is 330 g/mol. The van der Waals surface area contributed by atoms with Gasteiger partial charge >= 0.3 is 5.97 Å². The summed E-state index contributed by atoms with van der Waals surface area (Å²) in [5, 5.41) is 0. The largest absolute Gasteiger partial charge is 0.493 e. The minimum atomic E-state index is -0.113. The topological polar surface area (TPSA) is 35.5 Å². The molecule has 132 valence electrons. The summed E-state index contributed by atoms with van der Waals surface area (Å²) < 4.78 is 11.0. The third-order valence-corrected chi connectivity index (χ3v) is 5.88. The van der Waals surface area contributed by atoms with Gasteiger partial charge in [0.05, 0.1) is 19.6 Å². The molecule has 1 aromatic rings. The minimum absolute atomic E-state index is 0.102. The lowest BCUT2D eigenvalue weighted by Crippen LogP contribution is -2.28. The quantitative estimate of drug-likeness (QED) is 0.642. The summed E-state index contributed by atoms with van der Waals surface area (Å²) in [7, 11) is 1.48. The fourth-order valence-electron chi connectivity index (χ4n) is 4.13. The summed E-state index contributed by atoms with van der Waals surface area (Å²) in [6, 6.07) is 8.36. The molecule has 0 aromatic heterocycles. The highest BCUT2D eigenvalue weighted by Crippen LogP contribution is 2.47. The number of hydrogen-bond acceptors (Lipinski definition) is 3. The van der Waals surface area contributed by atoms with Gasteiger partial charge in [0.15, 0.2) is 0 Å². The van der Waals surface area contributed by atoms with Gasteiger partial charge in [-0.05, 0) is 67.1 Å². The molecule has 2 fully saturated rings. The van der Waals surface area contributed by atoms with Crippen LogP contribution in [0.4, 0.5) is 0 Å². The van der Waals surface area contributed by atoms with Gasteiger partial charge < -0.3 is 9.47 Å². The van der Waals surface area contributed by atoms with Crippen molar-refractivity contribution in [2.24, 2.45) is 23.7 Å². The Hall–Kier alpha value is -1.51. The Morgan fingerprint density at radius 1 is 1.25 bits per heavy atom. The van der Waals surface area contributed by atoms with Gasteiger partial charge in [-0.25, -0.2) is 0 Å². The predicted molar refractivity (Wildman–Crippen MR) is 95.1 cm³/mol. The van der Waals surface area contributed by atoms with E-state index < -0.39 is 0 Å². The van der Waals surface area contributed by atoms with Gasteiger partial charge in [-0.15, -0.1) is 0 Å². The highest BCUT2D eigenvalue weighted by molar-refractivity contribution is 5.73. The van der Waals surface area contributed by atoms with Crippen LogP contribution in [0.1, 0.15) is 57.4 Å². The zero-order valence-electron chi connectivity index (χ0n) is 15.2. The van der Waals surface area contributed by atoms with Crippen molar-refractivity contribution >= 4 is 5.97 Å². The van der Waals surface area contributed by atoms with Gasteiger partial charge in [0.2, 0.25) is 0 Å². The molecule has 3 nitrogen and oxygen atoms in total. The molecule has 2 aliphatic carbocycles. The second-order valence-electron chi connectivity index (χ2n) is 7.67. The molecule has 2 aliphatic rings. The van der Waals surface area contributed by atoms with Crippen LogP contribution in [-0.2, 0) is 9.53 Å². The first kappa shape index (κ1) is 17.3. The summed E-state index contributed by atoms with van der Waals surface area (Å²) >= 11 is 0. The Balaban J connectivity index is 1.63. The molecule has 0 radical (unpaired) electrons. The number of carbonyl (C=O) groups is 1. The number of hydrogen-bond donors (Lipinski definition) is 0. The number of carbonyl (C=O) groups excluding carboxylic acids is 1. The van der Waals surface area contributed by atoms with E-state index >= 15 is 0 Å². The molecule has 2 saturated carbocycles. The maximum atomic E-state index is 12.0. The maximum Gasteiger partial charge on any atom is 0.309 e. The van der Waals surface area contributed by atoms with E-state index in [4.69, 9.17) is 9.47 Å². The van der Waals surface area contributed by atoms with Crippen LogP contribution in [0, 0.1) is 23.7 Å². The van der Waals surface area contributed by atoms with Crippen molar-refractivity contribution < 1.29 is 14.3 Å². The molecule has 3 rings (SSSR count). The van der Waals surface area contributed by atoms with Crippen molar-refractivity contribution in [2.45, 2.75) is 51.9 Å². The third kappa shape index (κ3) is 3.93. The summed E-state index contributed by atoms with van der Waals surface area (Å²) in [5.41, 5.74) is 1.22. The van der Waals surface area contributed by atoms with E-state index in [1.54, 1.807) is 0 Å². The number of benzene rings is 1. The predicted octanol–water partition coefficient (Wildman–Crippen LogP) is 4.80. The first-order valence-corrected chi connectivity index (χ1v) is 9.43. The fraction of sp³-hybridized carbons (Fsp3) is 0.667. The van der Waals surface area contributed by atoms with Gasteiger partial charge in [-0.2, -0.15) is 0 Å². The second kappa shape index (κ2) is 7.58. The Bertz CT molecular complexity index is 558. The van der Waals surface area contributed by atoms with Gasteiger partial charge in [0.25, 0.3) is 0 Å². The first-order chi connectivity index (χ1) is 11.6. The van der Waals surface area contributed by atoms with Crippen molar-refractivity contribution in [1.29, 1.82) is 0 Å². The fourth-order valence-corrected chi connectivity index (χ4v) is 4.13. The molecular weight excluding hydrogens is 300 g/mol. The van der Waals surface area contributed by atoms with E-state index in [0.29, 0.717) is 11.8 Å². The molecule has 3 heteroatoms. The van der Waals surface area contributed by atoms with E-state index in [2.05, 4.69) is 25.1 Å². The number of rotatable bonds is 8. The average Bonchev–Trinajstić information content (AvgIpc) is 3.38. The maximum absolute atomic E-state index is 12.0. The van der Waals surface area contributed by atoms with Crippen LogP contribution in [0.25, 0.3) is 0 Å². The van der Waals surface area contributed by atoms with Crippen LogP contribution in [0.15, 0.2) is 24.3 Å². The van der Waals surface area contributed by atoms with Crippen LogP contribution < -0.4 is 4.74 Å². The summed E-state index contributed by atoms with van der Waals surface area (Å²) in [4.78, 5) is 12.0. The molecule has 0 spiro atoms. The standard InChI is InChI=1S/C21H30O3/c1-4-15-10-16(11-15)13-24-19-7-5-6-18(12-19)20(17-8-9-17)14(2)21(22)23-3/h5-7,12,14-17,20H,4,8-11,13H2,1-3H3. The minimum Gasteiger partial charge on any atom is -0.493 e. The van der Waals surface area contributed by atoms with Crippen LogP contribution >= 0.6 is 0 Å². The summed E-state index contributed by atoms with van der Waals surface area (Å²) in [6.45, 7) is 5.08. The van der Waals surface area contributed by atoms with Gasteiger partial charge in [-0.3, -0.25) is 4.79 Å². The zero-order chi connectivity index (χ0) is 17.1. The Morgan fingerprint density at radius 2 is 2.00 bits per heavy atom. The second-order valence-corrected chi connectivity index (χ2v) is 7.67. The lowest BCUT2D eigenvalue weighted by atomic mass is 9.74. The monoisotopic (exact) mass is 330 g/mol. The van der Waals surface area contributed by atoms with Crippen molar-refractivity contribution in [2.75, 3.05) is 13.7 Å². The first-order valence-electron chi connectivity index (χ1n) is 9.43. The molecule has 2 atom stereocenters. The Kier molecular flexibility index (Phi) is 5.47. The normalized spacial score (nSPS) is 25.5. The van der Waals surface area contributed by atoms with E-state index in [9.17, 15) is 4.79 Å². The zero-order valence-corrected chi connectivity index (χ0v) is 15.2. The highest BCUT2D eigenvalue weighted by Gasteiger charge is 2.39. The number of methoxy groups -OCH3 is 1. The highest BCUT2D eigenvalue weighted by atomic mass is 16.5. The molecule has 24 heavy (non-hydrogen) atoms. The number of ether oxygens (including phenoxy) is 2. The van der Waals surface area contributed by atoms with E-state index in [1.807, 2.05) is 13.0 Å².